The van der Waals surface area contributed by atoms with Gasteiger partial charge in [0, 0.05) is 45.0 Å². The summed E-state index contributed by atoms with van der Waals surface area (Å²) >= 11 is 0. The predicted octanol–water partition coefficient (Wildman–Crippen LogP) is 2.57. The van der Waals surface area contributed by atoms with E-state index < -0.39 is 5.60 Å². The molecule has 0 atom stereocenters. The molecule has 2 heterocycles. The summed E-state index contributed by atoms with van der Waals surface area (Å²) in [5.74, 6) is 1.21. The van der Waals surface area contributed by atoms with E-state index in [1.54, 1.807) is 4.90 Å². The molecule has 0 aromatic heterocycles. The third-order valence-electron chi connectivity index (χ3n) is 5.81. The molecule has 2 fully saturated rings. The van der Waals surface area contributed by atoms with Gasteiger partial charge in [-0.3, -0.25) is 0 Å². The van der Waals surface area contributed by atoms with Crippen molar-refractivity contribution in [3.63, 3.8) is 0 Å². The Kier molecular flexibility index (Phi) is 8.23. The van der Waals surface area contributed by atoms with Crippen LogP contribution in [0.3, 0.4) is 0 Å². The first-order chi connectivity index (χ1) is 15.3. The molecule has 0 bridgehead atoms. The Morgan fingerprint density at radius 3 is 2.41 bits per heavy atom. The molecule has 0 unspecified atom stereocenters. The van der Waals surface area contributed by atoms with Crippen LogP contribution in [-0.2, 0) is 11.3 Å². The summed E-state index contributed by atoms with van der Waals surface area (Å²) in [5, 5.41) is 16.0. The molecule has 32 heavy (non-hydrogen) atoms. The molecule has 1 aromatic carbocycles. The zero-order chi connectivity index (χ0) is 23.1. The van der Waals surface area contributed by atoms with Crippen LogP contribution < -0.4 is 15.5 Å². The lowest BCUT2D eigenvalue weighted by molar-refractivity contribution is 0.00700. The fourth-order valence-corrected chi connectivity index (χ4v) is 3.92. The Hall–Kier alpha value is -2.48. The molecule has 1 aromatic rings. The van der Waals surface area contributed by atoms with Crippen LogP contribution in [-0.4, -0.2) is 73.0 Å². The van der Waals surface area contributed by atoms with Crippen LogP contribution >= 0.6 is 0 Å². The van der Waals surface area contributed by atoms with E-state index in [0.29, 0.717) is 32.2 Å². The average Bonchev–Trinajstić information content (AvgIpc) is 2.73. The van der Waals surface area contributed by atoms with Crippen molar-refractivity contribution in [2.24, 2.45) is 10.9 Å². The Morgan fingerprint density at radius 2 is 1.84 bits per heavy atom. The summed E-state index contributed by atoms with van der Waals surface area (Å²) in [5.41, 5.74) is 1.91. The molecule has 3 rings (SSSR count). The fraction of sp³-hybridized carbons (Fsp3) is 0.667. The second kappa shape index (κ2) is 10.9. The Balaban J connectivity index is 1.47. The molecule has 0 aliphatic carbocycles. The summed E-state index contributed by atoms with van der Waals surface area (Å²) in [6, 6.07) is 8.76. The number of aliphatic hydroxyl groups is 1. The summed E-state index contributed by atoms with van der Waals surface area (Å²) in [4.78, 5) is 20.9. The fourth-order valence-electron chi connectivity index (χ4n) is 3.92. The van der Waals surface area contributed by atoms with Crippen molar-refractivity contribution in [2.45, 2.75) is 58.7 Å². The van der Waals surface area contributed by atoms with Crippen molar-refractivity contribution in [3.05, 3.63) is 29.8 Å². The number of benzene rings is 1. The normalized spacial score (nSPS) is 18.3. The molecule has 178 valence electrons. The SMILES string of the molecule is CCNC(=NCc1ccc(N2CCC(CO)CC2)cc1)NC1CN(C(=O)OC(C)(C)C)C1. The van der Waals surface area contributed by atoms with E-state index in [9.17, 15) is 9.90 Å². The van der Waals surface area contributed by atoms with Crippen LogP contribution in [0.2, 0.25) is 0 Å². The number of guanidine groups is 1. The van der Waals surface area contributed by atoms with E-state index in [4.69, 9.17) is 9.73 Å². The first kappa shape index (κ1) is 24.2. The van der Waals surface area contributed by atoms with Crippen LogP contribution in [0, 0.1) is 5.92 Å². The van der Waals surface area contributed by atoms with Crippen molar-refractivity contribution in [2.75, 3.05) is 44.2 Å². The highest BCUT2D eigenvalue weighted by molar-refractivity contribution is 5.80. The molecule has 3 N–H and O–H groups in total. The van der Waals surface area contributed by atoms with Crippen LogP contribution in [0.4, 0.5) is 10.5 Å². The number of aliphatic hydroxyl groups excluding tert-OH is 1. The topological polar surface area (TPSA) is 89.4 Å². The molecule has 0 spiro atoms. The molecule has 8 heteroatoms. The molecule has 0 saturated carbocycles. The van der Waals surface area contributed by atoms with Gasteiger partial charge in [-0.25, -0.2) is 9.79 Å². The van der Waals surface area contributed by atoms with Gasteiger partial charge in [-0.05, 0) is 64.2 Å². The number of carbonyl (C=O) groups excluding carboxylic acids is 1. The minimum Gasteiger partial charge on any atom is -0.444 e. The van der Waals surface area contributed by atoms with Crippen LogP contribution in [0.5, 0.6) is 0 Å². The van der Waals surface area contributed by atoms with Crippen LogP contribution in [0.25, 0.3) is 0 Å². The molecule has 2 aliphatic heterocycles. The minimum atomic E-state index is -0.475. The maximum absolute atomic E-state index is 12.1. The Morgan fingerprint density at radius 1 is 1.19 bits per heavy atom. The molecular weight excluding hydrogens is 406 g/mol. The third kappa shape index (κ3) is 7.02. The number of amides is 1. The summed E-state index contributed by atoms with van der Waals surface area (Å²) in [6.07, 6.45) is 1.83. The van der Waals surface area contributed by atoms with Gasteiger partial charge in [0.1, 0.15) is 5.60 Å². The highest BCUT2D eigenvalue weighted by Crippen LogP contribution is 2.23. The van der Waals surface area contributed by atoms with Gasteiger partial charge >= 0.3 is 6.09 Å². The van der Waals surface area contributed by atoms with Crippen molar-refractivity contribution in [1.29, 1.82) is 0 Å². The van der Waals surface area contributed by atoms with Crippen LogP contribution in [0.1, 0.15) is 46.1 Å². The summed E-state index contributed by atoms with van der Waals surface area (Å²) in [6.45, 7) is 12.6. The van der Waals surface area contributed by atoms with Crippen LogP contribution in [0.15, 0.2) is 29.3 Å². The molecule has 1 amide bonds. The number of ether oxygens (including phenoxy) is 1. The summed E-state index contributed by atoms with van der Waals surface area (Å²) < 4.78 is 5.41. The van der Waals surface area contributed by atoms with E-state index in [-0.39, 0.29) is 12.1 Å². The largest absolute Gasteiger partial charge is 0.444 e. The van der Waals surface area contributed by atoms with Gasteiger partial charge in [0.25, 0.3) is 0 Å². The van der Waals surface area contributed by atoms with E-state index >= 15 is 0 Å². The smallest absolute Gasteiger partial charge is 0.410 e. The Labute approximate surface area is 192 Å². The highest BCUT2D eigenvalue weighted by atomic mass is 16.6. The van der Waals surface area contributed by atoms with Crippen molar-refractivity contribution >= 4 is 17.7 Å². The van der Waals surface area contributed by atoms with E-state index in [0.717, 1.165) is 44.0 Å². The summed E-state index contributed by atoms with van der Waals surface area (Å²) in [7, 11) is 0. The Bertz CT molecular complexity index is 761. The number of hydrogen-bond donors (Lipinski definition) is 3. The van der Waals surface area contributed by atoms with E-state index in [2.05, 4.69) is 39.8 Å². The third-order valence-corrected chi connectivity index (χ3v) is 5.81. The number of likely N-dealkylation sites (tertiary alicyclic amines) is 1. The highest BCUT2D eigenvalue weighted by Gasteiger charge is 2.34. The van der Waals surface area contributed by atoms with Gasteiger partial charge in [-0.2, -0.15) is 0 Å². The molecule has 8 nitrogen and oxygen atoms in total. The number of piperidine rings is 1. The number of hydrogen-bond acceptors (Lipinski definition) is 5. The monoisotopic (exact) mass is 445 g/mol. The second-order valence-corrected chi connectivity index (χ2v) is 9.70. The number of nitrogens with one attached hydrogen (secondary N) is 2. The lowest BCUT2D eigenvalue weighted by Crippen LogP contribution is -2.63. The van der Waals surface area contributed by atoms with Gasteiger partial charge in [-0.15, -0.1) is 0 Å². The molecule has 0 radical (unpaired) electrons. The van der Waals surface area contributed by atoms with Gasteiger partial charge < -0.3 is 30.3 Å². The van der Waals surface area contributed by atoms with Crippen molar-refractivity contribution in [1.82, 2.24) is 15.5 Å². The first-order valence-electron chi connectivity index (χ1n) is 11.7. The first-order valence-corrected chi connectivity index (χ1v) is 11.7. The number of anilines is 1. The lowest BCUT2D eigenvalue weighted by atomic mass is 9.97. The number of nitrogens with zero attached hydrogens (tertiary/aromatic N) is 3. The van der Waals surface area contributed by atoms with Gasteiger partial charge in [0.05, 0.1) is 12.6 Å². The quantitative estimate of drug-likeness (QED) is 0.461. The van der Waals surface area contributed by atoms with Crippen molar-refractivity contribution in [3.8, 4) is 0 Å². The van der Waals surface area contributed by atoms with Gasteiger partial charge in [0.15, 0.2) is 5.96 Å². The average molecular weight is 446 g/mol. The lowest BCUT2D eigenvalue weighted by Gasteiger charge is -2.40. The zero-order valence-electron chi connectivity index (χ0n) is 19.9. The van der Waals surface area contributed by atoms with E-state index in [1.165, 1.54) is 5.69 Å². The number of carbonyl (C=O) groups is 1. The van der Waals surface area contributed by atoms with Crippen molar-refractivity contribution < 1.29 is 14.6 Å². The standard InChI is InChI=1S/C24H39N5O3/c1-5-25-22(27-20-15-29(16-20)23(31)32-24(2,3)4)26-14-18-6-8-21(9-7-18)28-12-10-19(17-30)11-13-28/h6-9,19-20,30H,5,10-17H2,1-4H3,(H2,25,26,27). The number of aliphatic imine (C=N–C) groups is 1. The molecular formula is C24H39N5O3. The number of rotatable bonds is 6. The van der Waals surface area contributed by atoms with E-state index in [1.807, 2.05) is 27.7 Å². The maximum atomic E-state index is 12.1. The minimum absolute atomic E-state index is 0.171. The maximum Gasteiger partial charge on any atom is 0.410 e. The van der Waals surface area contributed by atoms with Gasteiger partial charge in [0.2, 0.25) is 0 Å². The second-order valence-electron chi connectivity index (χ2n) is 9.70. The molecule has 2 saturated heterocycles. The molecule has 2 aliphatic rings. The predicted molar refractivity (Wildman–Crippen MR) is 128 cm³/mol. The zero-order valence-corrected chi connectivity index (χ0v) is 19.9. The van der Waals surface area contributed by atoms with Gasteiger partial charge in [-0.1, -0.05) is 12.1 Å².